The van der Waals surface area contributed by atoms with E-state index in [4.69, 9.17) is 0 Å². The van der Waals surface area contributed by atoms with Gasteiger partial charge >= 0.3 is 0 Å². The van der Waals surface area contributed by atoms with Gasteiger partial charge in [0.15, 0.2) is 5.78 Å². The lowest BCUT2D eigenvalue weighted by Crippen LogP contribution is -2.28. The van der Waals surface area contributed by atoms with Crippen molar-refractivity contribution in [1.29, 1.82) is 0 Å². The second-order valence-electron chi connectivity index (χ2n) is 6.52. The number of nitrogens with zero attached hydrogens (tertiary/aromatic N) is 1. The number of hydrogen-bond donors (Lipinski definition) is 0. The average Bonchev–Trinajstić information content (AvgIpc) is 2.68. The number of aryl methyl sites for hydroxylation is 1. The number of halogens is 2. The Morgan fingerprint density at radius 3 is 2.67 bits per heavy atom. The minimum Gasteiger partial charge on any atom is -0.315 e. The largest absolute Gasteiger partial charge is 0.315 e. The number of rotatable bonds is 1. The molecule has 0 N–H and O–H groups in total. The third-order valence-electron chi connectivity index (χ3n) is 4.02. The van der Waals surface area contributed by atoms with E-state index in [9.17, 15) is 9.18 Å². The van der Waals surface area contributed by atoms with E-state index < -0.39 is 0 Å². The highest BCUT2D eigenvalue weighted by Gasteiger charge is 2.34. The summed E-state index contributed by atoms with van der Waals surface area (Å²) in [6.45, 7) is 6.08. The zero-order valence-corrected chi connectivity index (χ0v) is 13.9. The maximum absolute atomic E-state index is 14.2. The van der Waals surface area contributed by atoms with E-state index in [1.807, 2.05) is 17.6 Å². The van der Waals surface area contributed by atoms with Crippen molar-refractivity contribution in [2.75, 3.05) is 0 Å². The molecule has 3 rings (SSSR count). The summed E-state index contributed by atoms with van der Waals surface area (Å²) in [5, 5.41) is 0. The van der Waals surface area contributed by atoms with Gasteiger partial charge in [-0.25, -0.2) is 4.39 Å². The molecule has 0 fully saturated rings. The number of aromatic nitrogens is 1. The van der Waals surface area contributed by atoms with Crippen LogP contribution in [0.1, 0.15) is 42.0 Å². The van der Waals surface area contributed by atoms with Gasteiger partial charge in [0.2, 0.25) is 0 Å². The summed E-state index contributed by atoms with van der Waals surface area (Å²) in [5.41, 5.74) is 2.96. The highest BCUT2D eigenvalue weighted by atomic mass is 79.9. The maximum Gasteiger partial charge on any atom is 0.165 e. The molecule has 2 aromatic rings. The Kier molecular flexibility index (Phi) is 3.32. The molecule has 0 atom stereocenters. The van der Waals surface area contributed by atoms with Gasteiger partial charge in [-0.2, -0.15) is 0 Å². The molecule has 0 spiro atoms. The molecule has 21 heavy (non-hydrogen) atoms. The first kappa shape index (κ1) is 14.5. The zero-order valence-electron chi connectivity index (χ0n) is 12.3. The molecule has 0 unspecified atom stereocenters. The fourth-order valence-corrected chi connectivity index (χ4v) is 3.49. The Morgan fingerprint density at radius 2 is 1.95 bits per heavy atom. The predicted octanol–water partition coefficient (Wildman–Crippen LogP) is 4.84. The molecule has 110 valence electrons. The normalized spacial score (nSPS) is 16.9. The molecule has 2 nitrogen and oxygen atoms in total. The lowest BCUT2D eigenvalue weighted by Gasteiger charge is -2.30. The molecule has 1 aliphatic rings. The van der Waals surface area contributed by atoms with E-state index in [1.165, 1.54) is 6.07 Å². The number of Topliss-reactive ketones (excluding diaryl/α,β-unsaturated/α-hetero) is 1. The van der Waals surface area contributed by atoms with Crippen molar-refractivity contribution in [1.82, 2.24) is 4.57 Å². The maximum atomic E-state index is 14.2. The number of benzene rings is 1. The molecule has 0 radical (unpaired) electrons. The summed E-state index contributed by atoms with van der Waals surface area (Å²) in [6.07, 6.45) is 1.32. The van der Waals surface area contributed by atoms with Crippen LogP contribution in [0.2, 0.25) is 0 Å². The molecule has 0 saturated carbocycles. The molecule has 0 amide bonds. The third-order valence-corrected chi connectivity index (χ3v) is 4.51. The molecule has 4 heteroatoms. The Hall–Kier alpha value is -1.42. The number of carbonyl (C=O) groups is 1. The smallest absolute Gasteiger partial charge is 0.165 e. The van der Waals surface area contributed by atoms with E-state index in [2.05, 4.69) is 29.8 Å². The number of ketones is 1. The Morgan fingerprint density at radius 1 is 1.24 bits per heavy atom. The third kappa shape index (κ3) is 2.46. The lowest BCUT2D eigenvalue weighted by atomic mass is 9.76. The first-order valence-electron chi connectivity index (χ1n) is 6.98. The van der Waals surface area contributed by atoms with Crippen LogP contribution in [0.3, 0.4) is 0 Å². The fraction of sp³-hybridized carbons (Fsp3) is 0.353. The van der Waals surface area contributed by atoms with Crippen LogP contribution in [-0.4, -0.2) is 10.4 Å². The summed E-state index contributed by atoms with van der Waals surface area (Å²) >= 11 is 3.39. The SMILES string of the molecule is Cc1cc2c(n1-c1cc(Br)ccc1F)CC(C)(C)CC2=O. The summed E-state index contributed by atoms with van der Waals surface area (Å²) in [4.78, 5) is 12.3. The zero-order chi connectivity index (χ0) is 15.4. The number of carbonyl (C=O) groups excluding carboxylic acids is 1. The van der Waals surface area contributed by atoms with E-state index in [0.29, 0.717) is 12.1 Å². The van der Waals surface area contributed by atoms with Crippen LogP contribution >= 0.6 is 15.9 Å². The lowest BCUT2D eigenvalue weighted by molar-refractivity contribution is 0.0911. The Bertz CT molecular complexity index is 745. The molecule has 0 bridgehead atoms. The molecule has 1 aromatic heterocycles. The van der Waals surface area contributed by atoms with Crippen molar-refractivity contribution >= 4 is 21.7 Å². The number of hydrogen-bond acceptors (Lipinski definition) is 1. The first-order valence-corrected chi connectivity index (χ1v) is 7.78. The second-order valence-corrected chi connectivity index (χ2v) is 7.43. The van der Waals surface area contributed by atoms with Crippen LogP contribution in [0.25, 0.3) is 5.69 Å². The minimum absolute atomic E-state index is 0.0882. The predicted molar refractivity (Wildman–Crippen MR) is 84.6 cm³/mol. The van der Waals surface area contributed by atoms with Crippen molar-refractivity contribution < 1.29 is 9.18 Å². The number of fused-ring (bicyclic) bond motifs is 1. The van der Waals surface area contributed by atoms with Crippen LogP contribution in [0, 0.1) is 18.2 Å². The highest BCUT2D eigenvalue weighted by Crippen LogP contribution is 2.38. The highest BCUT2D eigenvalue weighted by molar-refractivity contribution is 9.10. The second kappa shape index (κ2) is 4.80. The van der Waals surface area contributed by atoms with Crippen molar-refractivity contribution in [2.45, 2.75) is 33.6 Å². The molecule has 0 aliphatic heterocycles. The summed E-state index contributed by atoms with van der Waals surface area (Å²) in [6, 6.07) is 6.77. The van der Waals surface area contributed by atoms with Gasteiger partial charge in [0.25, 0.3) is 0 Å². The quantitative estimate of drug-likeness (QED) is 0.721. The van der Waals surface area contributed by atoms with Gasteiger partial charge in [0, 0.05) is 27.8 Å². The van der Waals surface area contributed by atoms with Crippen LogP contribution < -0.4 is 0 Å². The van der Waals surface area contributed by atoms with E-state index >= 15 is 0 Å². The van der Waals surface area contributed by atoms with Crippen molar-refractivity contribution in [3.8, 4) is 5.69 Å². The fourth-order valence-electron chi connectivity index (χ4n) is 3.14. The Balaban J connectivity index is 2.26. The monoisotopic (exact) mass is 349 g/mol. The molecular formula is C17H17BrFNO. The Labute approximate surface area is 132 Å². The van der Waals surface area contributed by atoms with Crippen molar-refractivity contribution in [3.05, 3.63) is 51.5 Å². The average molecular weight is 350 g/mol. The van der Waals surface area contributed by atoms with Crippen LogP contribution in [-0.2, 0) is 6.42 Å². The van der Waals surface area contributed by atoms with Gasteiger partial charge in [-0.05, 0) is 43.0 Å². The molecular weight excluding hydrogens is 333 g/mol. The molecule has 0 saturated heterocycles. The van der Waals surface area contributed by atoms with Crippen molar-refractivity contribution in [3.63, 3.8) is 0 Å². The molecule has 1 aliphatic carbocycles. The van der Waals surface area contributed by atoms with Crippen LogP contribution in [0.4, 0.5) is 4.39 Å². The van der Waals surface area contributed by atoms with E-state index in [1.54, 1.807) is 12.1 Å². The summed E-state index contributed by atoms with van der Waals surface area (Å²) in [5.74, 6) is -0.131. The topological polar surface area (TPSA) is 22.0 Å². The van der Waals surface area contributed by atoms with Gasteiger partial charge in [-0.1, -0.05) is 29.8 Å². The van der Waals surface area contributed by atoms with Gasteiger partial charge in [-0.15, -0.1) is 0 Å². The minimum atomic E-state index is -0.282. The molecule has 1 heterocycles. The first-order chi connectivity index (χ1) is 9.78. The van der Waals surface area contributed by atoms with E-state index in [-0.39, 0.29) is 17.0 Å². The summed E-state index contributed by atoms with van der Waals surface area (Å²) < 4.78 is 17.0. The van der Waals surface area contributed by atoms with Gasteiger partial charge in [-0.3, -0.25) is 4.79 Å². The van der Waals surface area contributed by atoms with Crippen LogP contribution in [0.5, 0.6) is 0 Å². The summed E-state index contributed by atoms with van der Waals surface area (Å²) in [7, 11) is 0. The van der Waals surface area contributed by atoms with Crippen LogP contribution in [0.15, 0.2) is 28.7 Å². The van der Waals surface area contributed by atoms with Gasteiger partial charge in [0.1, 0.15) is 5.82 Å². The van der Waals surface area contributed by atoms with Crippen molar-refractivity contribution in [2.24, 2.45) is 5.41 Å². The molecule has 1 aromatic carbocycles. The van der Waals surface area contributed by atoms with Gasteiger partial charge in [0.05, 0.1) is 5.69 Å². The van der Waals surface area contributed by atoms with Gasteiger partial charge < -0.3 is 4.57 Å². The van der Waals surface area contributed by atoms with E-state index in [0.717, 1.165) is 27.8 Å². The standard InChI is InChI=1S/C17H17BrFNO/c1-10-6-12-15(8-17(2,3)9-16(12)21)20(10)14-7-11(18)4-5-13(14)19/h4-7H,8-9H2,1-3H3.